The van der Waals surface area contributed by atoms with Crippen molar-refractivity contribution < 1.29 is 0 Å². The highest BCUT2D eigenvalue weighted by atomic mass is 32.1. The lowest BCUT2D eigenvalue weighted by atomic mass is 10.2. The van der Waals surface area contributed by atoms with E-state index in [0.717, 1.165) is 23.1 Å². The van der Waals surface area contributed by atoms with E-state index >= 15 is 0 Å². The minimum Gasteiger partial charge on any atom is -0.359 e. The Hall–Kier alpha value is -1.36. The monoisotopic (exact) mass is 236 g/mol. The summed E-state index contributed by atoms with van der Waals surface area (Å²) in [4.78, 5) is 8.83. The minimum absolute atomic E-state index is 0.281. The third kappa shape index (κ3) is 1.95. The SMILES string of the molecule is CCC(c1nccs1)n1cc(C)nc1NC. The first-order valence-corrected chi connectivity index (χ1v) is 6.26. The minimum atomic E-state index is 0.281. The van der Waals surface area contributed by atoms with Crippen LogP contribution in [-0.4, -0.2) is 21.6 Å². The molecule has 0 aromatic carbocycles. The van der Waals surface area contributed by atoms with Crippen LogP contribution in [0.1, 0.15) is 30.1 Å². The van der Waals surface area contributed by atoms with Crippen LogP contribution < -0.4 is 5.32 Å². The van der Waals surface area contributed by atoms with E-state index in [2.05, 4.69) is 33.0 Å². The van der Waals surface area contributed by atoms with E-state index in [1.807, 2.05) is 25.5 Å². The van der Waals surface area contributed by atoms with Gasteiger partial charge in [0.15, 0.2) is 0 Å². The van der Waals surface area contributed by atoms with Crippen molar-refractivity contribution in [3.8, 4) is 0 Å². The van der Waals surface area contributed by atoms with Crippen molar-refractivity contribution in [2.45, 2.75) is 26.3 Å². The Kier molecular flexibility index (Phi) is 3.24. The first kappa shape index (κ1) is 11.1. The number of aryl methyl sites for hydroxylation is 1. The molecule has 2 heterocycles. The highest BCUT2D eigenvalue weighted by Crippen LogP contribution is 2.27. The third-order valence-corrected chi connectivity index (χ3v) is 3.41. The van der Waals surface area contributed by atoms with Crippen molar-refractivity contribution in [3.05, 3.63) is 28.5 Å². The quantitative estimate of drug-likeness (QED) is 0.887. The van der Waals surface area contributed by atoms with Crippen LogP contribution >= 0.6 is 11.3 Å². The molecule has 0 amide bonds. The molecule has 0 aliphatic rings. The largest absolute Gasteiger partial charge is 0.359 e. The molecule has 0 aliphatic carbocycles. The summed E-state index contributed by atoms with van der Waals surface area (Å²) < 4.78 is 2.16. The standard InChI is InChI=1S/C11H16N4S/c1-4-9(10-13-5-6-16-10)15-7-8(2)14-11(15)12-3/h5-7,9H,4H2,1-3H3,(H,12,14). The number of hydrogen-bond acceptors (Lipinski definition) is 4. The molecule has 5 heteroatoms. The molecule has 4 nitrogen and oxygen atoms in total. The lowest BCUT2D eigenvalue weighted by Gasteiger charge is -2.16. The molecule has 0 bridgehead atoms. The van der Waals surface area contributed by atoms with Gasteiger partial charge in [-0.15, -0.1) is 11.3 Å². The Balaban J connectivity index is 2.40. The first-order valence-electron chi connectivity index (χ1n) is 5.38. The van der Waals surface area contributed by atoms with E-state index in [1.165, 1.54) is 0 Å². The molecular weight excluding hydrogens is 220 g/mol. The molecular formula is C11H16N4S. The van der Waals surface area contributed by atoms with Gasteiger partial charge in [-0.05, 0) is 13.3 Å². The zero-order valence-corrected chi connectivity index (χ0v) is 10.6. The number of thiazole rings is 1. The molecule has 0 saturated heterocycles. The number of rotatable bonds is 4. The predicted octanol–water partition coefficient (Wildman–Crippen LogP) is 2.69. The second kappa shape index (κ2) is 4.65. The Morgan fingerprint density at radius 3 is 2.94 bits per heavy atom. The van der Waals surface area contributed by atoms with Gasteiger partial charge in [0.05, 0.1) is 11.7 Å². The fourth-order valence-electron chi connectivity index (χ4n) is 1.83. The maximum atomic E-state index is 4.44. The van der Waals surface area contributed by atoms with Crippen LogP contribution in [0.25, 0.3) is 0 Å². The van der Waals surface area contributed by atoms with E-state index in [9.17, 15) is 0 Å². The molecule has 1 unspecified atom stereocenters. The van der Waals surface area contributed by atoms with E-state index < -0.39 is 0 Å². The van der Waals surface area contributed by atoms with Gasteiger partial charge in [-0.3, -0.25) is 0 Å². The van der Waals surface area contributed by atoms with Crippen LogP contribution in [0.15, 0.2) is 17.8 Å². The van der Waals surface area contributed by atoms with Crippen molar-refractivity contribution >= 4 is 17.3 Å². The van der Waals surface area contributed by atoms with E-state index in [4.69, 9.17) is 0 Å². The van der Waals surface area contributed by atoms with Gasteiger partial charge in [0.25, 0.3) is 0 Å². The first-order chi connectivity index (χ1) is 7.76. The normalized spacial score (nSPS) is 12.7. The van der Waals surface area contributed by atoms with Gasteiger partial charge in [-0.1, -0.05) is 6.92 Å². The summed E-state index contributed by atoms with van der Waals surface area (Å²) in [5.74, 6) is 0.902. The van der Waals surface area contributed by atoms with Crippen LogP contribution in [0.5, 0.6) is 0 Å². The zero-order chi connectivity index (χ0) is 11.5. The number of imidazole rings is 1. The fourth-order valence-corrected chi connectivity index (χ4v) is 2.65. The van der Waals surface area contributed by atoms with Gasteiger partial charge in [-0.2, -0.15) is 0 Å². The van der Waals surface area contributed by atoms with Crippen molar-refractivity contribution in [1.82, 2.24) is 14.5 Å². The summed E-state index contributed by atoms with van der Waals surface area (Å²) in [6.45, 7) is 4.17. The highest BCUT2D eigenvalue weighted by molar-refractivity contribution is 7.09. The number of nitrogens with one attached hydrogen (secondary N) is 1. The molecule has 2 aromatic heterocycles. The summed E-state index contributed by atoms with van der Waals surface area (Å²) in [7, 11) is 1.90. The molecule has 0 radical (unpaired) electrons. The Labute approximate surface area is 99.4 Å². The average Bonchev–Trinajstić information content (AvgIpc) is 2.89. The molecule has 2 rings (SSSR count). The third-order valence-electron chi connectivity index (χ3n) is 2.54. The maximum absolute atomic E-state index is 4.44. The summed E-state index contributed by atoms with van der Waals surface area (Å²) in [6.07, 6.45) is 4.94. The van der Waals surface area contributed by atoms with Crippen LogP contribution in [0.4, 0.5) is 5.95 Å². The smallest absolute Gasteiger partial charge is 0.203 e. The Morgan fingerprint density at radius 2 is 2.38 bits per heavy atom. The molecule has 0 aliphatic heterocycles. The van der Waals surface area contributed by atoms with Gasteiger partial charge < -0.3 is 9.88 Å². The van der Waals surface area contributed by atoms with Crippen LogP contribution in [-0.2, 0) is 0 Å². The molecule has 0 spiro atoms. The Morgan fingerprint density at radius 1 is 1.56 bits per heavy atom. The van der Waals surface area contributed by atoms with Crippen molar-refractivity contribution in [1.29, 1.82) is 0 Å². The van der Waals surface area contributed by atoms with E-state index in [1.54, 1.807) is 11.3 Å². The van der Waals surface area contributed by atoms with Crippen LogP contribution in [0.2, 0.25) is 0 Å². The summed E-state index contributed by atoms with van der Waals surface area (Å²) in [5.41, 5.74) is 1.03. The number of anilines is 1. The summed E-state index contributed by atoms with van der Waals surface area (Å²) in [5, 5.41) is 6.27. The number of nitrogens with zero attached hydrogens (tertiary/aromatic N) is 3. The predicted molar refractivity (Wildman–Crippen MR) is 67.1 cm³/mol. The highest BCUT2D eigenvalue weighted by Gasteiger charge is 2.17. The van der Waals surface area contributed by atoms with Gasteiger partial charge >= 0.3 is 0 Å². The second-order valence-corrected chi connectivity index (χ2v) is 4.58. The topological polar surface area (TPSA) is 42.7 Å². The Bertz CT molecular complexity index is 447. The lowest BCUT2D eigenvalue weighted by molar-refractivity contribution is 0.569. The van der Waals surface area contributed by atoms with Crippen molar-refractivity contribution in [2.24, 2.45) is 0 Å². The van der Waals surface area contributed by atoms with Gasteiger partial charge in [0.2, 0.25) is 5.95 Å². The molecule has 0 saturated carbocycles. The van der Waals surface area contributed by atoms with E-state index in [0.29, 0.717) is 0 Å². The van der Waals surface area contributed by atoms with Crippen molar-refractivity contribution in [3.63, 3.8) is 0 Å². The molecule has 2 aromatic rings. The van der Waals surface area contributed by atoms with Gasteiger partial charge in [0, 0.05) is 24.8 Å². The second-order valence-electron chi connectivity index (χ2n) is 3.66. The van der Waals surface area contributed by atoms with Gasteiger partial charge in [0.1, 0.15) is 5.01 Å². The molecule has 0 fully saturated rings. The van der Waals surface area contributed by atoms with E-state index in [-0.39, 0.29) is 6.04 Å². The lowest BCUT2D eigenvalue weighted by Crippen LogP contribution is -2.11. The summed E-state index contributed by atoms with van der Waals surface area (Å²) >= 11 is 1.69. The zero-order valence-electron chi connectivity index (χ0n) is 9.77. The maximum Gasteiger partial charge on any atom is 0.203 e. The molecule has 86 valence electrons. The molecule has 1 N–H and O–H groups in total. The molecule has 16 heavy (non-hydrogen) atoms. The van der Waals surface area contributed by atoms with Crippen LogP contribution in [0.3, 0.4) is 0 Å². The number of aromatic nitrogens is 3. The number of hydrogen-bond donors (Lipinski definition) is 1. The average molecular weight is 236 g/mol. The fraction of sp³-hybridized carbons (Fsp3) is 0.455. The van der Waals surface area contributed by atoms with Crippen molar-refractivity contribution in [2.75, 3.05) is 12.4 Å². The van der Waals surface area contributed by atoms with Gasteiger partial charge in [-0.25, -0.2) is 9.97 Å². The summed E-state index contributed by atoms with van der Waals surface area (Å²) in [6, 6.07) is 0.281. The van der Waals surface area contributed by atoms with Crippen LogP contribution in [0, 0.1) is 6.92 Å². The molecule has 1 atom stereocenters.